The standard InChI is InChI=1S/C24H29ClN2O/c1-17(19-12-11-18-7-4-8-20(18)14-19)26-24(28)22-9-5-13-27(16-22)15-21-6-2-3-10-23(21)25/h2-3,6,10-12,14,17,22H,4-5,7-9,13,15-16H2,1H3,(H,26,28)/t17-,22+/m1/s1. The molecular weight excluding hydrogens is 368 g/mol. The van der Waals surface area contributed by atoms with Crippen LogP contribution < -0.4 is 5.32 Å². The molecule has 1 amide bonds. The SMILES string of the molecule is C[C@@H](NC(=O)[C@H]1CCCN(Cc2ccccc2Cl)C1)c1ccc2c(c1)CCC2. The third-order valence-corrected chi connectivity index (χ3v) is 6.58. The molecular formula is C24H29ClN2O. The van der Waals surface area contributed by atoms with Gasteiger partial charge in [-0.25, -0.2) is 0 Å². The van der Waals surface area contributed by atoms with Gasteiger partial charge >= 0.3 is 0 Å². The highest BCUT2D eigenvalue weighted by atomic mass is 35.5. The third kappa shape index (κ3) is 4.42. The molecule has 0 radical (unpaired) electrons. The fourth-order valence-electron chi connectivity index (χ4n) is 4.56. The zero-order chi connectivity index (χ0) is 19.5. The van der Waals surface area contributed by atoms with Crippen LogP contribution in [0, 0.1) is 5.92 Å². The quantitative estimate of drug-likeness (QED) is 0.778. The Kier molecular flexibility index (Phi) is 6.03. The second-order valence-corrected chi connectivity index (χ2v) is 8.68. The van der Waals surface area contributed by atoms with Gasteiger partial charge in [0.2, 0.25) is 5.91 Å². The Morgan fingerprint density at radius 2 is 2.00 bits per heavy atom. The largest absolute Gasteiger partial charge is 0.349 e. The van der Waals surface area contributed by atoms with E-state index in [1.165, 1.54) is 36.0 Å². The molecule has 4 heteroatoms. The highest BCUT2D eigenvalue weighted by molar-refractivity contribution is 6.31. The van der Waals surface area contributed by atoms with E-state index in [1.54, 1.807) is 0 Å². The van der Waals surface area contributed by atoms with Crippen molar-refractivity contribution < 1.29 is 4.79 Å². The molecule has 1 aliphatic carbocycles. The van der Waals surface area contributed by atoms with Crippen LogP contribution in [0.25, 0.3) is 0 Å². The minimum Gasteiger partial charge on any atom is -0.349 e. The predicted molar refractivity (Wildman–Crippen MR) is 114 cm³/mol. The summed E-state index contributed by atoms with van der Waals surface area (Å²) in [6, 6.07) is 14.7. The maximum atomic E-state index is 12.9. The monoisotopic (exact) mass is 396 g/mol. The van der Waals surface area contributed by atoms with Crippen molar-refractivity contribution >= 4 is 17.5 Å². The number of fused-ring (bicyclic) bond motifs is 1. The van der Waals surface area contributed by atoms with Crippen molar-refractivity contribution in [3.05, 3.63) is 69.7 Å². The van der Waals surface area contributed by atoms with Crippen LogP contribution in [0.2, 0.25) is 5.02 Å². The summed E-state index contributed by atoms with van der Waals surface area (Å²) in [6.07, 6.45) is 5.63. The fraction of sp³-hybridized carbons (Fsp3) is 0.458. The van der Waals surface area contributed by atoms with Gasteiger partial charge in [-0.2, -0.15) is 0 Å². The lowest BCUT2D eigenvalue weighted by atomic mass is 9.95. The van der Waals surface area contributed by atoms with Gasteiger partial charge in [-0.05, 0) is 73.9 Å². The summed E-state index contributed by atoms with van der Waals surface area (Å²) in [5.74, 6) is 0.227. The molecule has 2 aromatic carbocycles. The first-order chi connectivity index (χ1) is 13.6. The van der Waals surface area contributed by atoms with Crippen molar-refractivity contribution in [1.29, 1.82) is 0 Å². The minimum absolute atomic E-state index is 0.0492. The molecule has 0 spiro atoms. The summed E-state index contributed by atoms with van der Waals surface area (Å²) in [6.45, 7) is 4.73. The van der Waals surface area contributed by atoms with Crippen LogP contribution in [-0.2, 0) is 24.2 Å². The zero-order valence-corrected chi connectivity index (χ0v) is 17.3. The average Bonchev–Trinajstić information content (AvgIpc) is 3.18. The number of hydrogen-bond donors (Lipinski definition) is 1. The molecule has 0 aromatic heterocycles. The number of carbonyl (C=O) groups is 1. The smallest absolute Gasteiger partial charge is 0.224 e. The van der Waals surface area contributed by atoms with Gasteiger partial charge < -0.3 is 5.32 Å². The number of piperidine rings is 1. The normalized spacial score (nSPS) is 20.6. The van der Waals surface area contributed by atoms with Crippen LogP contribution in [0.15, 0.2) is 42.5 Å². The van der Waals surface area contributed by atoms with Gasteiger partial charge in [0.25, 0.3) is 0 Å². The van der Waals surface area contributed by atoms with E-state index in [2.05, 4.69) is 41.4 Å². The number of aryl methyl sites for hydroxylation is 2. The maximum Gasteiger partial charge on any atom is 0.224 e. The van der Waals surface area contributed by atoms with E-state index in [0.29, 0.717) is 0 Å². The summed E-state index contributed by atoms with van der Waals surface area (Å²) in [5, 5.41) is 4.07. The Bertz CT molecular complexity index is 850. The first-order valence-corrected chi connectivity index (χ1v) is 10.9. The molecule has 1 fully saturated rings. The third-order valence-electron chi connectivity index (χ3n) is 6.21. The Morgan fingerprint density at radius 3 is 2.86 bits per heavy atom. The molecule has 0 unspecified atom stereocenters. The number of nitrogens with zero attached hydrogens (tertiary/aromatic N) is 1. The fourth-order valence-corrected chi connectivity index (χ4v) is 4.75. The Balaban J connectivity index is 1.35. The van der Waals surface area contributed by atoms with E-state index >= 15 is 0 Å². The van der Waals surface area contributed by atoms with Gasteiger partial charge in [0.05, 0.1) is 12.0 Å². The number of benzene rings is 2. The van der Waals surface area contributed by atoms with Gasteiger partial charge in [-0.3, -0.25) is 9.69 Å². The summed E-state index contributed by atoms with van der Waals surface area (Å²) >= 11 is 6.31. The molecule has 1 heterocycles. The zero-order valence-electron chi connectivity index (χ0n) is 16.6. The van der Waals surface area contributed by atoms with Crippen molar-refractivity contribution in [3.8, 4) is 0 Å². The van der Waals surface area contributed by atoms with Crippen LogP contribution in [-0.4, -0.2) is 23.9 Å². The second-order valence-electron chi connectivity index (χ2n) is 8.28. The number of hydrogen-bond acceptors (Lipinski definition) is 2. The number of likely N-dealkylation sites (tertiary alicyclic amines) is 1. The molecule has 1 N–H and O–H groups in total. The number of halogens is 1. The molecule has 2 atom stereocenters. The first-order valence-electron chi connectivity index (χ1n) is 10.5. The highest BCUT2D eigenvalue weighted by Crippen LogP contribution is 2.26. The molecule has 28 heavy (non-hydrogen) atoms. The summed E-state index contributed by atoms with van der Waals surface area (Å²) in [7, 11) is 0. The lowest BCUT2D eigenvalue weighted by molar-refractivity contribution is -0.127. The van der Waals surface area contributed by atoms with E-state index in [9.17, 15) is 4.79 Å². The summed E-state index contributed by atoms with van der Waals surface area (Å²) in [4.78, 5) is 15.3. The molecule has 3 nitrogen and oxygen atoms in total. The molecule has 1 saturated heterocycles. The van der Waals surface area contributed by atoms with Gasteiger partial charge in [0.15, 0.2) is 0 Å². The molecule has 0 bridgehead atoms. The van der Waals surface area contributed by atoms with Crippen molar-refractivity contribution in [2.75, 3.05) is 13.1 Å². The number of rotatable bonds is 5. The van der Waals surface area contributed by atoms with Gasteiger partial charge in [0.1, 0.15) is 0 Å². The van der Waals surface area contributed by atoms with Crippen LogP contribution in [0.5, 0.6) is 0 Å². The van der Waals surface area contributed by atoms with E-state index in [-0.39, 0.29) is 17.9 Å². The maximum absolute atomic E-state index is 12.9. The van der Waals surface area contributed by atoms with Crippen molar-refractivity contribution in [3.63, 3.8) is 0 Å². The number of nitrogens with one attached hydrogen (secondary N) is 1. The Hall–Kier alpha value is -1.84. The van der Waals surface area contributed by atoms with Crippen molar-refractivity contribution in [1.82, 2.24) is 10.2 Å². The summed E-state index contributed by atoms with van der Waals surface area (Å²) in [5.41, 5.74) is 5.29. The lowest BCUT2D eigenvalue weighted by Gasteiger charge is -2.33. The van der Waals surface area contributed by atoms with E-state index in [1.807, 2.05) is 18.2 Å². The topological polar surface area (TPSA) is 32.3 Å². The average molecular weight is 397 g/mol. The van der Waals surface area contributed by atoms with Gasteiger partial charge in [-0.1, -0.05) is 48.0 Å². The second kappa shape index (κ2) is 8.67. The minimum atomic E-state index is 0.0492. The highest BCUT2D eigenvalue weighted by Gasteiger charge is 2.27. The molecule has 148 valence electrons. The molecule has 2 aromatic rings. The van der Waals surface area contributed by atoms with E-state index in [0.717, 1.165) is 43.1 Å². The van der Waals surface area contributed by atoms with Gasteiger partial charge in [-0.15, -0.1) is 0 Å². The van der Waals surface area contributed by atoms with Crippen molar-refractivity contribution in [2.24, 2.45) is 5.92 Å². The van der Waals surface area contributed by atoms with Gasteiger partial charge in [0, 0.05) is 18.1 Å². The van der Waals surface area contributed by atoms with Crippen molar-refractivity contribution in [2.45, 2.75) is 51.6 Å². The lowest BCUT2D eigenvalue weighted by Crippen LogP contribution is -2.43. The molecule has 0 saturated carbocycles. The summed E-state index contributed by atoms with van der Waals surface area (Å²) < 4.78 is 0. The van der Waals surface area contributed by atoms with Crippen LogP contribution in [0.4, 0.5) is 0 Å². The van der Waals surface area contributed by atoms with E-state index in [4.69, 9.17) is 11.6 Å². The number of amides is 1. The van der Waals surface area contributed by atoms with Crippen LogP contribution >= 0.6 is 11.6 Å². The van der Waals surface area contributed by atoms with E-state index < -0.39 is 0 Å². The Labute approximate surface area is 173 Å². The molecule has 2 aliphatic rings. The molecule has 1 aliphatic heterocycles. The molecule has 4 rings (SSSR count). The van der Waals surface area contributed by atoms with Crippen LogP contribution in [0.1, 0.15) is 54.5 Å². The predicted octanol–water partition coefficient (Wildman–Crippen LogP) is 4.92. The number of carbonyl (C=O) groups excluding carboxylic acids is 1. The van der Waals surface area contributed by atoms with Crippen LogP contribution in [0.3, 0.4) is 0 Å². The Morgan fingerprint density at radius 1 is 1.18 bits per heavy atom. The first kappa shape index (κ1) is 19.5.